The second-order valence-electron chi connectivity index (χ2n) is 4.55. The monoisotopic (exact) mass is 294 g/mol. The molecule has 0 aliphatic carbocycles. The van der Waals surface area contributed by atoms with Gasteiger partial charge in [0.05, 0.1) is 21.7 Å². The Labute approximate surface area is 127 Å². The molecule has 0 saturated carbocycles. The highest BCUT2D eigenvalue weighted by Crippen LogP contribution is 2.27. The van der Waals surface area contributed by atoms with Crippen LogP contribution < -0.4 is 5.32 Å². The molecule has 0 fully saturated rings. The molecular formula is C17H14N2OS. The summed E-state index contributed by atoms with van der Waals surface area (Å²) in [4.78, 5) is 18.1. The number of carbonyl (C=O) groups is 1. The maximum Gasteiger partial charge on any atom is 0.252 e. The predicted molar refractivity (Wildman–Crippen MR) is 87.6 cm³/mol. The van der Waals surface area contributed by atoms with Gasteiger partial charge in [-0.25, -0.2) is 4.98 Å². The van der Waals surface area contributed by atoms with Crippen molar-refractivity contribution in [3.63, 3.8) is 0 Å². The number of amides is 1. The molecule has 0 atom stereocenters. The van der Waals surface area contributed by atoms with Crippen molar-refractivity contribution in [3.8, 4) is 10.6 Å². The molecule has 3 nitrogen and oxygen atoms in total. The molecule has 1 aromatic carbocycles. The Kier molecular flexibility index (Phi) is 3.79. The SMILES string of the molecule is C=CCNC(=O)c1cc(-c2cccs2)nc2ccccc12. The number of rotatable bonds is 4. The number of nitrogens with zero attached hydrogens (tertiary/aromatic N) is 1. The first-order chi connectivity index (χ1) is 10.3. The van der Waals surface area contributed by atoms with E-state index < -0.39 is 0 Å². The van der Waals surface area contributed by atoms with Crippen LogP contribution in [0.25, 0.3) is 21.5 Å². The molecule has 104 valence electrons. The van der Waals surface area contributed by atoms with Gasteiger partial charge in [-0.05, 0) is 23.6 Å². The van der Waals surface area contributed by atoms with Gasteiger partial charge < -0.3 is 5.32 Å². The van der Waals surface area contributed by atoms with Gasteiger partial charge in [-0.15, -0.1) is 17.9 Å². The van der Waals surface area contributed by atoms with Gasteiger partial charge in [0.2, 0.25) is 0 Å². The van der Waals surface area contributed by atoms with Crippen LogP contribution in [0.4, 0.5) is 0 Å². The summed E-state index contributed by atoms with van der Waals surface area (Å²) in [6.07, 6.45) is 1.67. The number of hydrogen-bond acceptors (Lipinski definition) is 3. The van der Waals surface area contributed by atoms with Gasteiger partial charge in [0.25, 0.3) is 5.91 Å². The number of hydrogen-bond donors (Lipinski definition) is 1. The van der Waals surface area contributed by atoms with Crippen LogP contribution in [-0.4, -0.2) is 17.4 Å². The van der Waals surface area contributed by atoms with Crippen LogP contribution in [-0.2, 0) is 0 Å². The van der Waals surface area contributed by atoms with Crippen molar-refractivity contribution in [1.29, 1.82) is 0 Å². The van der Waals surface area contributed by atoms with Crippen molar-refractivity contribution in [2.75, 3.05) is 6.54 Å². The molecule has 0 aliphatic heterocycles. The van der Waals surface area contributed by atoms with Crippen molar-refractivity contribution in [3.05, 3.63) is 66.1 Å². The van der Waals surface area contributed by atoms with Crippen LogP contribution in [0, 0.1) is 0 Å². The first-order valence-electron chi connectivity index (χ1n) is 6.62. The third-order valence-electron chi connectivity index (χ3n) is 3.14. The molecule has 1 N–H and O–H groups in total. The first-order valence-corrected chi connectivity index (χ1v) is 7.50. The van der Waals surface area contributed by atoms with Gasteiger partial charge in [-0.1, -0.05) is 30.3 Å². The molecule has 3 aromatic rings. The molecule has 3 rings (SSSR count). The normalized spacial score (nSPS) is 10.5. The molecule has 2 heterocycles. The highest BCUT2D eigenvalue weighted by atomic mass is 32.1. The fraction of sp³-hybridized carbons (Fsp3) is 0.0588. The maximum atomic E-state index is 12.4. The summed E-state index contributed by atoms with van der Waals surface area (Å²) in [5, 5.41) is 5.70. The molecular weight excluding hydrogens is 280 g/mol. The standard InChI is InChI=1S/C17H14N2OS/c1-2-9-18-17(20)13-11-15(16-8-5-10-21-16)19-14-7-4-3-6-12(13)14/h2-8,10-11H,1,9H2,(H,18,20). The third-order valence-corrected chi connectivity index (χ3v) is 4.03. The molecule has 0 spiro atoms. The van der Waals surface area contributed by atoms with Crippen molar-refractivity contribution in [1.82, 2.24) is 10.3 Å². The largest absolute Gasteiger partial charge is 0.349 e. The summed E-state index contributed by atoms with van der Waals surface area (Å²) in [6, 6.07) is 13.5. The smallest absolute Gasteiger partial charge is 0.252 e. The minimum absolute atomic E-state index is 0.105. The zero-order valence-electron chi connectivity index (χ0n) is 11.4. The van der Waals surface area contributed by atoms with E-state index in [9.17, 15) is 4.79 Å². The van der Waals surface area contributed by atoms with Crippen LogP contribution in [0.15, 0.2) is 60.5 Å². The fourth-order valence-electron chi connectivity index (χ4n) is 2.17. The minimum Gasteiger partial charge on any atom is -0.349 e. The zero-order valence-corrected chi connectivity index (χ0v) is 12.2. The van der Waals surface area contributed by atoms with Crippen LogP contribution in [0.3, 0.4) is 0 Å². The van der Waals surface area contributed by atoms with Gasteiger partial charge >= 0.3 is 0 Å². The average molecular weight is 294 g/mol. The van der Waals surface area contributed by atoms with Gasteiger partial charge in [0, 0.05) is 11.9 Å². The topological polar surface area (TPSA) is 42.0 Å². The van der Waals surface area contributed by atoms with Crippen molar-refractivity contribution in [2.24, 2.45) is 0 Å². The van der Waals surface area contributed by atoms with Crippen molar-refractivity contribution >= 4 is 28.1 Å². The summed E-state index contributed by atoms with van der Waals surface area (Å²) in [6.45, 7) is 4.07. The van der Waals surface area contributed by atoms with E-state index in [0.717, 1.165) is 21.5 Å². The zero-order chi connectivity index (χ0) is 14.7. The lowest BCUT2D eigenvalue weighted by Gasteiger charge is -2.08. The summed E-state index contributed by atoms with van der Waals surface area (Å²) in [7, 11) is 0. The second-order valence-corrected chi connectivity index (χ2v) is 5.50. The van der Waals surface area contributed by atoms with Crippen molar-refractivity contribution in [2.45, 2.75) is 0 Å². The molecule has 0 bridgehead atoms. The molecule has 1 amide bonds. The van der Waals surface area contributed by atoms with Crippen LogP contribution in [0.5, 0.6) is 0 Å². The second kappa shape index (κ2) is 5.89. The number of nitrogens with one attached hydrogen (secondary N) is 1. The lowest BCUT2D eigenvalue weighted by atomic mass is 10.1. The number of benzene rings is 1. The Morgan fingerprint density at radius 3 is 2.90 bits per heavy atom. The fourth-order valence-corrected chi connectivity index (χ4v) is 2.86. The van der Waals surface area contributed by atoms with Gasteiger partial charge in [0.15, 0.2) is 0 Å². The maximum absolute atomic E-state index is 12.4. The van der Waals surface area contributed by atoms with Gasteiger partial charge in [0.1, 0.15) is 0 Å². The lowest BCUT2D eigenvalue weighted by Crippen LogP contribution is -2.23. The van der Waals surface area contributed by atoms with E-state index in [-0.39, 0.29) is 5.91 Å². The number of para-hydroxylation sites is 1. The van der Waals surface area contributed by atoms with E-state index in [4.69, 9.17) is 0 Å². The first kappa shape index (κ1) is 13.5. The molecule has 0 aliphatic rings. The molecule has 0 radical (unpaired) electrons. The van der Waals surface area contributed by atoms with E-state index in [1.165, 1.54) is 0 Å². The summed E-state index contributed by atoms with van der Waals surface area (Å²) in [5.41, 5.74) is 2.30. The highest BCUT2D eigenvalue weighted by molar-refractivity contribution is 7.13. The Balaban J connectivity index is 2.16. The van der Waals surface area contributed by atoms with E-state index >= 15 is 0 Å². The number of carbonyl (C=O) groups excluding carboxylic acids is 1. The van der Waals surface area contributed by atoms with Crippen LogP contribution >= 0.6 is 11.3 Å². The molecule has 4 heteroatoms. The lowest BCUT2D eigenvalue weighted by molar-refractivity contribution is 0.0959. The van der Waals surface area contributed by atoms with Gasteiger partial charge in [-0.3, -0.25) is 4.79 Å². The average Bonchev–Trinajstić information content (AvgIpc) is 3.06. The Morgan fingerprint density at radius 2 is 2.14 bits per heavy atom. The number of pyridine rings is 1. The third kappa shape index (κ3) is 2.71. The Bertz CT molecular complexity index is 794. The predicted octanol–water partition coefficient (Wildman–Crippen LogP) is 3.88. The molecule has 21 heavy (non-hydrogen) atoms. The van der Waals surface area contributed by atoms with Gasteiger partial charge in [-0.2, -0.15) is 0 Å². The van der Waals surface area contributed by atoms with Crippen LogP contribution in [0.1, 0.15) is 10.4 Å². The minimum atomic E-state index is -0.105. The van der Waals surface area contributed by atoms with E-state index in [2.05, 4.69) is 16.9 Å². The quantitative estimate of drug-likeness (QED) is 0.742. The Morgan fingerprint density at radius 1 is 1.29 bits per heavy atom. The number of aromatic nitrogens is 1. The van der Waals surface area contributed by atoms with Crippen molar-refractivity contribution < 1.29 is 4.79 Å². The van der Waals surface area contributed by atoms with E-state index in [0.29, 0.717) is 12.1 Å². The van der Waals surface area contributed by atoms with Crippen LogP contribution in [0.2, 0.25) is 0 Å². The Hall–Kier alpha value is -2.46. The highest BCUT2D eigenvalue weighted by Gasteiger charge is 2.13. The van der Waals surface area contributed by atoms with E-state index in [1.54, 1.807) is 17.4 Å². The molecule has 0 saturated heterocycles. The number of thiophene rings is 1. The number of fused-ring (bicyclic) bond motifs is 1. The molecule has 0 unspecified atom stereocenters. The summed E-state index contributed by atoms with van der Waals surface area (Å²) < 4.78 is 0. The van der Waals surface area contributed by atoms with E-state index in [1.807, 2.05) is 47.8 Å². The molecule has 2 aromatic heterocycles. The summed E-state index contributed by atoms with van der Waals surface area (Å²) >= 11 is 1.61. The summed E-state index contributed by atoms with van der Waals surface area (Å²) in [5.74, 6) is -0.105.